The van der Waals surface area contributed by atoms with Gasteiger partial charge in [0.05, 0.1) is 12.1 Å². The molecule has 0 saturated heterocycles. The van der Waals surface area contributed by atoms with E-state index in [-0.39, 0.29) is 11.3 Å². The molecule has 14 heavy (non-hydrogen) atoms. The van der Waals surface area contributed by atoms with Crippen molar-refractivity contribution in [1.29, 1.82) is 5.26 Å². The van der Waals surface area contributed by atoms with Gasteiger partial charge in [-0.1, -0.05) is 11.8 Å². The molecule has 1 aromatic rings. The smallest absolute Gasteiger partial charge is 0.133 e. The van der Waals surface area contributed by atoms with E-state index in [4.69, 9.17) is 5.26 Å². The van der Waals surface area contributed by atoms with E-state index in [1.165, 1.54) is 6.07 Å². The number of nitrogens with one attached hydrogen (secondary N) is 1. The molecule has 0 fully saturated rings. The van der Waals surface area contributed by atoms with Gasteiger partial charge in [0.25, 0.3) is 0 Å². The number of benzene rings is 1. The lowest BCUT2D eigenvalue weighted by Gasteiger charge is -1.95. The Labute approximate surface area is 83.0 Å². The number of rotatable bonds is 1. The number of aromatic hydroxyl groups is 1. The Morgan fingerprint density at radius 2 is 2.29 bits per heavy atom. The van der Waals surface area contributed by atoms with Gasteiger partial charge in [0.2, 0.25) is 0 Å². The van der Waals surface area contributed by atoms with Gasteiger partial charge in [-0.05, 0) is 25.2 Å². The number of phenols is 1. The normalized spacial score (nSPS) is 8.57. The first kappa shape index (κ1) is 10.1. The van der Waals surface area contributed by atoms with Crippen molar-refractivity contribution in [3.63, 3.8) is 0 Å². The lowest BCUT2D eigenvalue weighted by atomic mass is 10.1. The van der Waals surface area contributed by atoms with Crippen LogP contribution in [0.4, 0.5) is 0 Å². The van der Waals surface area contributed by atoms with E-state index in [1.807, 2.05) is 13.1 Å². The van der Waals surface area contributed by atoms with Crippen LogP contribution in [0.1, 0.15) is 11.1 Å². The standard InChI is InChI=1S/C11H10N2O/c1-13-6-2-3-9-4-5-11(14)10(7-9)8-12/h4-5,7,13-14H,6H2,1H3. The molecule has 0 aliphatic heterocycles. The molecule has 1 aromatic carbocycles. The number of nitriles is 1. The van der Waals surface area contributed by atoms with Gasteiger partial charge in [0.1, 0.15) is 11.8 Å². The van der Waals surface area contributed by atoms with Gasteiger partial charge in [-0.3, -0.25) is 0 Å². The van der Waals surface area contributed by atoms with E-state index in [0.717, 1.165) is 5.56 Å². The molecule has 70 valence electrons. The molecule has 0 saturated carbocycles. The maximum atomic E-state index is 9.22. The number of nitrogens with zero attached hydrogens (tertiary/aromatic N) is 1. The van der Waals surface area contributed by atoms with Gasteiger partial charge in [0, 0.05) is 5.56 Å². The van der Waals surface area contributed by atoms with Crippen molar-refractivity contribution in [3.05, 3.63) is 29.3 Å². The maximum Gasteiger partial charge on any atom is 0.133 e. The van der Waals surface area contributed by atoms with Crippen LogP contribution in [0.5, 0.6) is 5.75 Å². The summed E-state index contributed by atoms with van der Waals surface area (Å²) in [5, 5.41) is 20.8. The molecule has 0 radical (unpaired) electrons. The van der Waals surface area contributed by atoms with E-state index in [1.54, 1.807) is 12.1 Å². The lowest BCUT2D eigenvalue weighted by molar-refractivity contribution is 0.473. The zero-order chi connectivity index (χ0) is 10.4. The second-order valence-corrected chi connectivity index (χ2v) is 2.68. The summed E-state index contributed by atoms with van der Waals surface area (Å²) in [7, 11) is 1.81. The topological polar surface area (TPSA) is 56.0 Å². The summed E-state index contributed by atoms with van der Waals surface area (Å²) in [5.74, 6) is 5.74. The quantitative estimate of drug-likeness (QED) is 0.639. The first-order valence-electron chi connectivity index (χ1n) is 4.14. The SMILES string of the molecule is CNCC#Cc1ccc(O)c(C#N)c1. The first-order chi connectivity index (χ1) is 6.77. The number of phenolic OH excluding ortho intramolecular Hbond substituents is 1. The highest BCUT2D eigenvalue weighted by Gasteiger charge is 1.98. The van der Waals surface area contributed by atoms with Crippen molar-refractivity contribution in [1.82, 2.24) is 5.32 Å². The Hall–Kier alpha value is -1.97. The Kier molecular flexibility index (Phi) is 3.55. The highest BCUT2D eigenvalue weighted by atomic mass is 16.3. The minimum atomic E-state index is -0.00772. The van der Waals surface area contributed by atoms with Gasteiger partial charge in [-0.25, -0.2) is 0 Å². The summed E-state index contributed by atoms with van der Waals surface area (Å²) in [6, 6.07) is 6.61. The molecule has 3 heteroatoms. The molecular weight excluding hydrogens is 176 g/mol. The molecule has 1 rings (SSSR count). The zero-order valence-electron chi connectivity index (χ0n) is 7.83. The van der Waals surface area contributed by atoms with Crippen LogP contribution in [-0.4, -0.2) is 18.7 Å². The fraction of sp³-hybridized carbons (Fsp3) is 0.182. The largest absolute Gasteiger partial charge is 0.507 e. The van der Waals surface area contributed by atoms with Crippen molar-refractivity contribution >= 4 is 0 Å². The fourth-order valence-corrected chi connectivity index (χ4v) is 0.938. The van der Waals surface area contributed by atoms with Crippen LogP contribution in [0.3, 0.4) is 0 Å². The number of hydrogen-bond acceptors (Lipinski definition) is 3. The highest BCUT2D eigenvalue weighted by Crippen LogP contribution is 2.16. The van der Waals surface area contributed by atoms with E-state index >= 15 is 0 Å². The third-order valence-electron chi connectivity index (χ3n) is 1.61. The molecule has 0 heterocycles. The molecule has 0 bridgehead atoms. The van der Waals surface area contributed by atoms with E-state index in [9.17, 15) is 5.11 Å². The van der Waals surface area contributed by atoms with Gasteiger partial charge >= 0.3 is 0 Å². The van der Waals surface area contributed by atoms with Gasteiger partial charge < -0.3 is 10.4 Å². The highest BCUT2D eigenvalue weighted by molar-refractivity contribution is 5.49. The van der Waals surface area contributed by atoms with Crippen molar-refractivity contribution in [3.8, 4) is 23.7 Å². The lowest BCUT2D eigenvalue weighted by Crippen LogP contribution is -2.04. The molecule has 3 nitrogen and oxygen atoms in total. The monoisotopic (exact) mass is 186 g/mol. The van der Waals surface area contributed by atoms with Crippen LogP contribution in [0.2, 0.25) is 0 Å². The van der Waals surface area contributed by atoms with Crippen molar-refractivity contribution in [2.75, 3.05) is 13.6 Å². The van der Waals surface area contributed by atoms with Crippen molar-refractivity contribution in [2.45, 2.75) is 0 Å². The van der Waals surface area contributed by atoms with Crippen molar-refractivity contribution in [2.24, 2.45) is 0 Å². The molecule has 0 aliphatic rings. The van der Waals surface area contributed by atoms with Crippen LogP contribution in [0.25, 0.3) is 0 Å². The first-order valence-corrected chi connectivity index (χ1v) is 4.14. The molecule has 0 spiro atoms. The molecule has 2 N–H and O–H groups in total. The predicted molar refractivity (Wildman–Crippen MR) is 53.6 cm³/mol. The number of hydrogen-bond donors (Lipinski definition) is 2. The van der Waals surface area contributed by atoms with Crippen LogP contribution in [0.15, 0.2) is 18.2 Å². The molecular formula is C11H10N2O. The average molecular weight is 186 g/mol. The summed E-state index contributed by atoms with van der Waals surface area (Å²) in [6.45, 7) is 0.600. The van der Waals surface area contributed by atoms with Crippen LogP contribution >= 0.6 is 0 Å². The van der Waals surface area contributed by atoms with Gasteiger partial charge in [0.15, 0.2) is 0 Å². The summed E-state index contributed by atoms with van der Waals surface area (Å²) in [5.41, 5.74) is 0.982. The van der Waals surface area contributed by atoms with E-state index < -0.39 is 0 Å². The van der Waals surface area contributed by atoms with Crippen LogP contribution in [-0.2, 0) is 0 Å². The van der Waals surface area contributed by atoms with Crippen molar-refractivity contribution < 1.29 is 5.11 Å². The Balaban J connectivity index is 2.93. The van der Waals surface area contributed by atoms with Gasteiger partial charge in [-0.2, -0.15) is 5.26 Å². The van der Waals surface area contributed by atoms with Crippen LogP contribution in [0, 0.1) is 23.2 Å². The second kappa shape index (κ2) is 4.91. The van der Waals surface area contributed by atoms with Gasteiger partial charge in [-0.15, -0.1) is 0 Å². The summed E-state index contributed by atoms with van der Waals surface area (Å²) in [4.78, 5) is 0. The fourth-order valence-electron chi connectivity index (χ4n) is 0.938. The average Bonchev–Trinajstić information content (AvgIpc) is 2.21. The molecule has 0 aliphatic carbocycles. The second-order valence-electron chi connectivity index (χ2n) is 2.68. The minimum Gasteiger partial charge on any atom is -0.507 e. The predicted octanol–water partition coefficient (Wildman–Crippen LogP) is 0.835. The summed E-state index contributed by atoms with van der Waals surface area (Å²) >= 11 is 0. The Morgan fingerprint density at radius 3 is 2.93 bits per heavy atom. The third-order valence-corrected chi connectivity index (χ3v) is 1.61. The molecule has 0 unspecified atom stereocenters. The molecule has 0 aromatic heterocycles. The Bertz CT molecular complexity index is 421. The van der Waals surface area contributed by atoms with E-state index in [2.05, 4.69) is 17.2 Å². The third kappa shape index (κ3) is 2.52. The summed E-state index contributed by atoms with van der Waals surface area (Å²) in [6.07, 6.45) is 0. The molecule has 0 amide bonds. The van der Waals surface area contributed by atoms with Crippen LogP contribution < -0.4 is 5.32 Å². The molecule has 0 atom stereocenters. The van der Waals surface area contributed by atoms with E-state index in [0.29, 0.717) is 6.54 Å². The zero-order valence-corrected chi connectivity index (χ0v) is 7.83. The Morgan fingerprint density at radius 1 is 1.50 bits per heavy atom. The maximum absolute atomic E-state index is 9.22. The minimum absolute atomic E-state index is 0.00772. The summed E-state index contributed by atoms with van der Waals surface area (Å²) < 4.78 is 0.